The summed E-state index contributed by atoms with van der Waals surface area (Å²) in [6.45, 7) is 2.08. The Morgan fingerprint density at radius 3 is 2.19 bits per heavy atom. The van der Waals surface area contributed by atoms with Crippen LogP contribution in [-0.2, 0) is 0 Å². The van der Waals surface area contributed by atoms with Crippen LogP contribution < -0.4 is 0 Å². The third-order valence-corrected chi connectivity index (χ3v) is 3.83. The molecule has 0 amide bonds. The molecule has 0 bridgehead atoms. The lowest BCUT2D eigenvalue weighted by Gasteiger charge is -2.19. The van der Waals surface area contributed by atoms with Gasteiger partial charge in [0.05, 0.1) is 0 Å². The highest BCUT2D eigenvalue weighted by Crippen LogP contribution is 2.35. The van der Waals surface area contributed by atoms with Gasteiger partial charge < -0.3 is 5.11 Å². The average molecular weight is 274 g/mol. The first-order valence-electron chi connectivity index (χ1n) is 7.17. The van der Waals surface area contributed by atoms with Crippen molar-refractivity contribution < 1.29 is 5.11 Å². The molecule has 2 aromatic rings. The summed E-state index contributed by atoms with van der Waals surface area (Å²) in [5.74, 6) is 0.379. The van der Waals surface area contributed by atoms with Crippen LogP contribution in [-0.4, -0.2) is 5.11 Å². The zero-order valence-corrected chi connectivity index (χ0v) is 12.1. The van der Waals surface area contributed by atoms with E-state index < -0.39 is 0 Å². The average Bonchev–Trinajstić information content (AvgIpc) is 2.52. The fourth-order valence-electron chi connectivity index (χ4n) is 2.70. The maximum Gasteiger partial charge on any atom is 0.120 e. The molecule has 0 radical (unpaired) electrons. The molecule has 0 unspecified atom stereocenters. The molecule has 104 valence electrons. The third-order valence-electron chi connectivity index (χ3n) is 3.83. The highest BCUT2D eigenvalue weighted by molar-refractivity contribution is 5.85. The van der Waals surface area contributed by atoms with Gasteiger partial charge in [0.1, 0.15) is 5.76 Å². The van der Waals surface area contributed by atoms with Crippen molar-refractivity contribution in [2.75, 3.05) is 0 Å². The fourth-order valence-corrected chi connectivity index (χ4v) is 2.70. The zero-order chi connectivity index (χ0) is 14.7. The Bertz CT molecular complexity index is 719. The Kier molecular flexibility index (Phi) is 3.74. The Balaban J connectivity index is 2.07. The second-order valence-corrected chi connectivity index (χ2v) is 5.24. The normalized spacial score (nSPS) is 17.0. The summed E-state index contributed by atoms with van der Waals surface area (Å²) in [7, 11) is 0. The number of aliphatic hydroxyl groups excluding tert-OH is 1. The van der Waals surface area contributed by atoms with Gasteiger partial charge in [0.15, 0.2) is 0 Å². The topological polar surface area (TPSA) is 20.2 Å². The van der Waals surface area contributed by atoms with E-state index in [0.29, 0.717) is 5.76 Å². The Labute approximate surface area is 125 Å². The first-order chi connectivity index (χ1) is 10.3. The molecule has 0 atom stereocenters. The molecule has 1 aliphatic rings. The highest BCUT2D eigenvalue weighted by atomic mass is 16.3. The Morgan fingerprint density at radius 1 is 0.905 bits per heavy atom. The first kappa shape index (κ1) is 13.4. The standard InChI is InChI=1S/C20H18O/c1-15-18(14-16-8-4-2-5-9-16)12-13-19(21)20(15)17-10-6-3-7-11-17/h2-11,13-14,21H,12H2,1H3/b18-14-. The summed E-state index contributed by atoms with van der Waals surface area (Å²) in [6.07, 6.45) is 4.86. The molecule has 3 rings (SSSR count). The van der Waals surface area contributed by atoms with E-state index in [1.807, 2.05) is 54.6 Å². The van der Waals surface area contributed by atoms with Crippen molar-refractivity contribution in [1.82, 2.24) is 0 Å². The lowest BCUT2D eigenvalue weighted by molar-refractivity contribution is 0.433. The van der Waals surface area contributed by atoms with E-state index in [4.69, 9.17) is 0 Å². The van der Waals surface area contributed by atoms with Crippen LogP contribution in [0.15, 0.2) is 83.6 Å². The molecule has 0 aliphatic heterocycles. The lowest BCUT2D eigenvalue weighted by Crippen LogP contribution is -2.01. The van der Waals surface area contributed by atoms with E-state index in [1.165, 1.54) is 11.1 Å². The maximum atomic E-state index is 10.3. The second kappa shape index (κ2) is 5.84. The molecule has 21 heavy (non-hydrogen) atoms. The monoisotopic (exact) mass is 274 g/mol. The minimum atomic E-state index is 0.379. The van der Waals surface area contributed by atoms with E-state index in [9.17, 15) is 5.11 Å². The lowest BCUT2D eigenvalue weighted by atomic mass is 9.87. The fraction of sp³-hybridized carbons (Fsp3) is 0.100. The van der Waals surface area contributed by atoms with Crippen molar-refractivity contribution in [2.45, 2.75) is 13.3 Å². The van der Waals surface area contributed by atoms with Crippen LogP contribution in [0.25, 0.3) is 11.6 Å². The molecular weight excluding hydrogens is 256 g/mol. The van der Waals surface area contributed by atoms with Crippen molar-refractivity contribution in [3.8, 4) is 0 Å². The first-order valence-corrected chi connectivity index (χ1v) is 7.17. The predicted molar refractivity (Wildman–Crippen MR) is 88.8 cm³/mol. The van der Waals surface area contributed by atoms with Gasteiger partial charge in [-0.15, -0.1) is 0 Å². The molecule has 0 saturated carbocycles. The number of benzene rings is 2. The summed E-state index contributed by atoms with van der Waals surface area (Å²) in [4.78, 5) is 0. The van der Waals surface area contributed by atoms with Gasteiger partial charge in [-0.2, -0.15) is 0 Å². The van der Waals surface area contributed by atoms with E-state index in [-0.39, 0.29) is 0 Å². The Morgan fingerprint density at radius 2 is 1.52 bits per heavy atom. The number of aliphatic hydroxyl groups is 1. The molecule has 1 aliphatic carbocycles. The van der Waals surface area contributed by atoms with Crippen LogP contribution >= 0.6 is 0 Å². The summed E-state index contributed by atoms with van der Waals surface area (Å²) >= 11 is 0. The van der Waals surface area contributed by atoms with Gasteiger partial charge in [-0.25, -0.2) is 0 Å². The van der Waals surface area contributed by atoms with E-state index >= 15 is 0 Å². The molecule has 0 saturated heterocycles. The molecule has 0 heterocycles. The zero-order valence-electron chi connectivity index (χ0n) is 12.1. The van der Waals surface area contributed by atoms with Gasteiger partial charge in [-0.1, -0.05) is 66.7 Å². The van der Waals surface area contributed by atoms with Crippen LogP contribution in [0, 0.1) is 0 Å². The highest BCUT2D eigenvalue weighted by Gasteiger charge is 2.17. The summed E-state index contributed by atoms with van der Waals surface area (Å²) in [5, 5.41) is 10.3. The van der Waals surface area contributed by atoms with Crippen molar-refractivity contribution in [3.05, 3.63) is 94.8 Å². The molecule has 2 aromatic carbocycles. The number of hydrogen-bond acceptors (Lipinski definition) is 1. The smallest absolute Gasteiger partial charge is 0.120 e. The van der Waals surface area contributed by atoms with E-state index in [2.05, 4.69) is 25.1 Å². The van der Waals surface area contributed by atoms with Gasteiger partial charge in [0.25, 0.3) is 0 Å². The van der Waals surface area contributed by atoms with Crippen molar-refractivity contribution in [2.24, 2.45) is 0 Å². The molecule has 0 spiro atoms. The van der Waals surface area contributed by atoms with Crippen LogP contribution in [0.4, 0.5) is 0 Å². The van der Waals surface area contributed by atoms with Gasteiger partial charge in [0.2, 0.25) is 0 Å². The van der Waals surface area contributed by atoms with Crippen LogP contribution in [0.5, 0.6) is 0 Å². The minimum absolute atomic E-state index is 0.379. The summed E-state index contributed by atoms with van der Waals surface area (Å²) < 4.78 is 0. The predicted octanol–water partition coefficient (Wildman–Crippen LogP) is 5.39. The molecule has 0 aromatic heterocycles. The minimum Gasteiger partial charge on any atom is -0.508 e. The molecule has 1 nitrogen and oxygen atoms in total. The van der Waals surface area contributed by atoms with Crippen LogP contribution in [0.2, 0.25) is 0 Å². The molecule has 0 fully saturated rings. The SMILES string of the molecule is CC1=C(c2ccccc2)C(O)=CC/C1=C/c1ccccc1. The molecule has 1 heteroatoms. The van der Waals surface area contributed by atoms with Gasteiger partial charge in [-0.3, -0.25) is 0 Å². The van der Waals surface area contributed by atoms with Crippen molar-refractivity contribution in [1.29, 1.82) is 0 Å². The summed E-state index contributed by atoms with van der Waals surface area (Å²) in [5.41, 5.74) is 5.57. The van der Waals surface area contributed by atoms with E-state index in [0.717, 1.165) is 23.1 Å². The largest absolute Gasteiger partial charge is 0.508 e. The van der Waals surface area contributed by atoms with E-state index in [1.54, 1.807) is 0 Å². The number of hydrogen-bond donors (Lipinski definition) is 1. The van der Waals surface area contributed by atoms with Crippen LogP contribution in [0.3, 0.4) is 0 Å². The quantitative estimate of drug-likeness (QED) is 0.778. The molecule has 1 N–H and O–H groups in total. The number of allylic oxidation sites excluding steroid dienone is 4. The molecular formula is C20H18O. The summed E-state index contributed by atoms with van der Waals surface area (Å²) in [6, 6.07) is 20.4. The van der Waals surface area contributed by atoms with Crippen molar-refractivity contribution >= 4 is 11.6 Å². The second-order valence-electron chi connectivity index (χ2n) is 5.24. The third kappa shape index (κ3) is 2.82. The Hall–Kier alpha value is -2.54. The van der Waals surface area contributed by atoms with Gasteiger partial charge in [0, 0.05) is 5.57 Å². The van der Waals surface area contributed by atoms with Crippen LogP contribution in [0.1, 0.15) is 24.5 Å². The van der Waals surface area contributed by atoms with Gasteiger partial charge in [-0.05, 0) is 41.7 Å². The maximum absolute atomic E-state index is 10.3. The number of rotatable bonds is 2. The van der Waals surface area contributed by atoms with Crippen molar-refractivity contribution in [3.63, 3.8) is 0 Å². The van der Waals surface area contributed by atoms with Gasteiger partial charge >= 0.3 is 0 Å².